The minimum Gasteiger partial charge on any atom is -0.329 e. The second-order valence-electron chi connectivity index (χ2n) is 6.02. The summed E-state index contributed by atoms with van der Waals surface area (Å²) in [4.78, 5) is 2.79. The van der Waals surface area contributed by atoms with Crippen LogP contribution in [0.25, 0.3) is 0 Å². The topological polar surface area (TPSA) is 29.3 Å². The summed E-state index contributed by atoms with van der Waals surface area (Å²) >= 11 is 0. The number of likely N-dealkylation sites (tertiary alicyclic amines) is 1. The van der Waals surface area contributed by atoms with Gasteiger partial charge in [0.15, 0.2) is 0 Å². The normalized spacial score (nSPS) is 32.1. The van der Waals surface area contributed by atoms with Gasteiger partial charge in [-0.3, -0.25) is 4.90 Å². The fourth-order valence-corrected chi connectivity index (χ4v) is 3.98. The summed E-state index contributed by atoms with van der Waals surface area (Å²) < 4.78 is 0. The minimum atomic E-state index is 0.667. The van der Waals surface area contributed by atoms with Gasteiger partial charge in [-0.25, -0.2) is 0 Å². The second kappa shape index (κ2) is 6.75. The molecule has 0 spiro atoms. The van der Waals surface area contributed by atoms with E-state index in [9.17, 15) is 0 Å². The lowest BCUT2D eigenvalue weighted by Gasteiger charge is -2.47. The van der Waals surface area contributed by atoms with E-state index in [1.807, 2.05) is 0 Å². The van der Waals surface area contributed by atoms with Crippen LogP contribution in [0, 0.1) is 5.92 Å². The Kier molecular flexibility index (Phi) is 5.30. The molecule has 3 atom stereocenters. The molecule has 2 heteroatoms. The van der Waals surface area contributed by atoms with Crippen molar-refractivity contribution >= 4 is 0 Å². The Morgan fingerprint density at radius 1 is 1.18 bits per heavy atom. The van der Waals surface area contributed by atoms with Crippen LogP contribution in [0.1, 0.15) is 64.7 Å². The van der Waals surface area contributed by atoms with Gasteiger partial charge < -0.3 is 5.73 Å². The second-order valence-corrected chi connectivity index (χ2v) is 6.02. The van der Waals surface area contributed by atoms with Crippen molar-refractivity contribution in [3.05, 3.63) is 0 Å². The molecule has 2 aliphatic rings. The van der Waals surface area contributed by atoms with Crippen molar-refractivity contribution in [2.24, 2.45) is 11.7 Å². The number of fused-ring (bicyclic) bond motifs is 1. The van der Waals surface area contributed by atoms with E-state index < -0.39 is 0 Å². The van der Waals surface area contributed by atoms with Gasteiger partial charge in [0.2, 0.25) is 0 Å². The largest absolute Gasteiger partial charge is 0.329 e. The average Bonchev–Trinajstić information content (AvgIpc) is 2.40. The number of piperidine rings is 1. The molecule has 3 unspecified atom stereocenters. The van der Waals surface area contributed by atoms with Crippen LogP contribution >= 0.6 is 0 Å². The number of nitrogens with two attached hydrogens (primary N) is 1. The van der Waals surface area contributed by atoms with Crippen LogP contribution in [0.4, 0.5) is 0 Å². The van der Waals surface area contributed by atoms with Gasteiger partial charge >= 0.3 is 0 Å². The fraction of sp³-hybridized carbons (Fsp3) is 1.00. The molecule has 0 aromatic carbocycles. The molecule has 17 heavy (non-hydrogen) atoms. The van der Waals surface area contributed by atoms with Crippen molar-refractivity contribution in [3.63, 3.8) is 0 Å². The SMILES string of the molecule is CCCCC(CN)N1CCCC2CCCCC21. The molecule has 0 aromatic heterocycles. The molecule has 100 valence electrons. The Morgan fingerprint density at radius 3 is 2.71 bits per heavy atom. The van der Waals surface area contributed by atoms with E-state index in [0.29, 0.717) is 6.04 Å². The lowest BCUT2D eigenvalue weighted by atomic mass is 9.77. The lowest BCUT2D eigenvalue weighted by molar-refractivity contribution is 0.0249. The molecule has 1 saturated heterocycles. The van der Waals surface area contributed by atoms with E-state index in [2.05, 4.69) is 11.8 Å². The van der Waals surface area contributed by atoms with Crippen molar-refractivity contribution in [1.82, 2.24) is 4.90 Å². The summed E-state index contributed by atoms with van der Waals surface area (Å²) in [6, 6.07) is 1.55. The lowest BCUT2D eigenvalue weighted by Crippen LogP contribution is -2.53. The first-order chi connectivity index (χ1) is 8.36. The maximum Gasteiger partial charge on any atom is 0.0221 e. The first kappa shape index (κ1) is 13.4. The van der Waals surface area contributed by atoms with E-state index in [1.54, 1.807) is 0 Å². The minimum absolute atomic E-state index is 0.667. The summed E-state index contributed by atoms with van der Waals surface area (Å²) in [5.41, 5.74) is 6.02. The summed E-state index contributed by atoms with van der Waals surface area (Å²) in [7, 11) is 0. The highest BCUT2D eigenvalue weighted by Crippen LogP contribution is 2.36. The molecule has 2 rings (SSSR count). The third-order valence-corrected chi connectivity index (χ3v) is 4.92. The van der Waals surface area contributed by atoms with Crippen LogP contribution in [0.3, 0.4) is 0 Å². The zero-order valence-corrected chi connectivity index (χ0v) is 11.5. The molecule has 1 aliphatic carbocycles. The number of hydrogen-bond donors (Lipinski definition) is 1. The zero-order valence-electron chi connectivity index (χ0n) is 11.5. The number of unbranched alkanes of at least 4 members (excludes halogenated alkanes) is 1. The van der Waals surface area contributed by atoms with Gasteiger partial charge in [0.25, 0.3) is 0 Å². The van der Waals surface area contributed by atoms with Crippen LogP contribution in [-0.2, 0) is 0 Å². The molecule has 2 nitrogen and oxygen atoms in total. The van der Waals surface area contributed by atoms with E-state index in [-0.39, 0.29) is 0 Å². The highest BCUT2D eigenvalue weighted by molar-refractivity contribution is 4.90. The maximum atomic E-state index is 6.02. The molecule has 1 saturated carbocycles. The third kappa shape index (κ3) is 3.23. The molecule has 0 radical (unpaired) electrons. The maximum absolute atomic E-state index is 6.02. The van der Waals surface area contributed by atoms with Crippen LogP contribution in [0.2, 0.25) is 0 Å². The smallest absolute Gasteiger partial charge is 0.0221 e. The number of nitrogens with zero attached hydrogens (tertiary/aromatic N) is 1. The fourth-order valence-electron chi connectivity index (χ4n) is 3.98. The number of hydrogen-bond acceptors (Lipinski definition) is 2. The van der Waals surface area contributed by atoms with E-state index in [0.717, 1.165) is 18.5 Å². The van der Waals surface area contributed by atoms with Crippen LogP contribution in [-0.4, -0.2) is 30.1 Å². The zero-order chi connectivity index (χ0) is 12.1. The van der Waals surface area contributed by atoms with Gasteiger partial charge in [0.1, 0.15) is 0 Å². The van der Waals surface area contributed by atoms with Gasteiger partial charge in [0.05, 0.1) is 0 Å². The van der Waals surface area contributed by atoms with Crippen LogP contribution in [0.15, 0.2) is 0 Å². The van der Waals surface area contributed by atoms with Gasteiger partial charge in [-0.05, 0) is 44.6 Å². The van der Waals surface area contributed by atoms with E-state index in [4.69, 9.17) is 5.73 Å². The summed E-state index contributed by atoms with van der Waals surface area (Å²) in [5.74, 6) is 0.994. The van der Waals surface area contributed by atoms with Gasteiger partial charge in [-0.15, -0.1) is 0 Å². The molecule has 1 aliphatic heterocycles. The molecule has 0 amide bonds. The van der Waals surface area contributed by atoms with Gasteiger partial charge in [-0.1, -0.05) is 32.6 Å². The molecule has 2 N–H and O–H groups in total. The Balaban J connectivity index is 1.95. The first-order valence-corrected chi connectivity index (χ1v) is 7.82. The predicted octanol–water partition coefficient (Wildman–Crippen LogP) is 3.16. The van der Waals surface area contributed by atoms with Crippen molar-refractivity contribution in [3.8, 4) is 0 Å². The van der Waals surface area contributed by atoms with Gasteiger partial charge in [0, 0.05) is 18.6 Å². The monoisotopic (exact) mass is 238 g/mol. The van der Waals surface area contributed by atoms with Gasteiger partial charge in [-0.2, -0.15) is 0 Å². The molecular formula is C15H30N2. The standard InChI is InChI=1S/C15H30N2/c1-2-3-9-14(12-16)17-11-6-8-13-7-4-5-10-15(13)17/h13-15H,2-12,16H2,1H3. The summed E-state index contributed by atoms with van der Waals surface area (Å²) in [6.07, 6.45) is 12.7. The quantitative estimate of drug-likeness (QED) is 0.797. The van der Waals surface area contributed by atoms with E-state index >= 15 is 0 Å². The van der Waals surface area contributed by atoms with Crippen molar-refractivity contribution in [2.45, 2.75) is 76.8 Å². The molecule has 1 heterocycles. The van der Waals surface area contributed by atoms with Crippen LogP contribution in [0.5, 0.6) is 0 Å². The molecular weight excluding hydrogens is 208 g/mol. The van der Waals surface area contributed by atoms with Crippen molar-refractivity contribution in [2.75, 3.05) is 13.1 Å². The third-order valence-electron chi connectivity index (χ3n) is 4.92. The van der Waals surface area contributed by atoms with Crippen LogP contribution < -0.4 is 5.73 Å². The number of rotatable bonds is 5. The Labute approximate surface area is 107 Å². The highest BCUT2D eigenvalue weighted by Gasteiger charge is 2.35. The first-order valence-electron chi connectivity index (χ1n) is 7.82. The molecule has 2 fully saturated rings. The summed E-state index contributed by atoms with van der Waals surface area (Å²) in [5, 5.41) is 0. The van der Waals surface area contributed by atoms with E-state index in [1.165, 1.54) is 64.3 Å². The molecule has 0 bridgehead atoms. The van der Waals surface area contributed by atoms with Crippen molar-refractivity contribution < 1.29 is 0 Å². The molecule has 0 aromatic rings. The Hall–Kier alpha value is -0.0800. The Bertz CT molecular complexity index is 215. The Morgan fingerprint density at radius 2 is 1.94 bits per heavy atom. The predicted molar refractivity (Wildman–Crippen MR) is 74.1 cm³/mol. The average molecular weight is 238 g/mol. The highest BCUT2D eigenvalue weighted by atomic mass is 15.2. The summed E-state index contributed by atoms with van der Waals surface area (Å²) in [6.45, 7) is 4.46. The van der Waals surface area contributed by atoms with Crippen molar-refractivity contribution in [1.29, 1.82) is 0 Å².